The Kier molecular flexibility index (Phi) is 3.70. The van der Waals surface area contributed by atoms with Crippen molar-refractivity contribution in [3.05, 3.63) is 24.2 Å². The summed E-state index contributed by atoms with van der Waals surface area (Å²) in [5.74, 6) is 0. The molecular formula is C14H23NO. The Balaban J connectivity index is 1.98. The monoisotopic (exact) mass is 221 g/mol. The van der Waals surface area contributed by atoms with E-state index < -0.39 is 0 Å². The van der Waals surface area contributed by atoms with Gasteiger partial charge in [-0.05, 0) is 36.3 Å². The van der Waals surface area contributed by atoms with Crippen LogP contribution in [0.3, 0.4) is 0 Å². The van der Waals surface area contributed by atoms with Crippen LogP contribution in [0.1, 0.15) is 45.1 Å². The fourth-order valence-corrected chi connectivity index (χ4v) is 2.79. The Morgan fingerprint density at radius 3 is 2.69 bits per heavy atom. The standard InChI is InChI=1S/C14H23NO/c1-12(2)15-11-14(6-3-4-7-14)9-13-5-8-16-10-13/h5,8,10,12,15H,3-4,6-7,9,11H2,1-2H3. The molecule has 0 atom stereocenters. The Labute approximate surface area is 98.4 Å². The van der Waals surface area contributed by atoms with Crippen LogP contribution < -0.4 is 5.32 Å². The molecule has 0 saturated heterocycles. The summed E-state index contributed by atoms with van der Waals surface area (Å²) in [6.07, 6.45) is 10.3. The van der Waals surface area contributed by atoms with Gasteiger partial charge in [-0.15, -0.1) is 0 Å². The lowest BCUT2D eigenvalue weighted by atomic mass is 9.80. The predicted octanol–water partition coefficient (Wildman–Crippen LogP) is 3.38. The maximum absolute atomic E-state index is 5.17. The van der Waals surface area contributed by atoms with Gasteiger partial charge in [-0.25, -0.2) is 0 Å². The van der Waals surface area contributed by atoms with Gasteiger partial charge in [0.2, 0.25) is 0 Å². The highest BCUT2D eigenvalue weighted by molar-refractivity contribution is 5.10. The molecule has 0 aromatic carbocycles. The fraction of sp³-hybridized carbons (Fsp3) is 0.714. The van der Waals surface area contributed by atoms with Crippen molar-refractivity contribution >= 4 is 0 Å². The van der Waals surface area contributed by atoms with Crippen molar-refractivity contribution in [1.82, 2.24) is 5.32 Å². The lowest BCUT2D eigenvalue weighted by Gasteiger charge is -2.30. The van der Waals surface area contributed by atoms with Crippen molar-refractivity contribution in [2.24, 2.45) is 5.41 Å². The van der Waals surface area contributed by atoms with Crippen LogP contribution in [-0.2, 0) is 6.42 Å². The van der Waals surface area contributed by atoms with Gasteiger partial charge < -0.3 is 9.73 Å². The van der Waals surface area contributed by atoms with Crippen molar-refractivity contribution in [3.8, 4) is 0 Å². The van der Waals surface area contributed by atoms with E-state index in [4.69, 9.17) is 4.42 Å². The molecule has 0 bridgehead atoms. The number of rotatable bonds is 5. The molecule has 1 aliphatic rings. The molecule has 1 fully saturated rings. The second kappa shape index (κ2) is 5.05. The van der Waals surface area contributed by atoms with Gasteiger partial charge in [-0.2, -0.15) is 0 Å². The first-order valence-corrected chi connectivity index (χ1v) is 6.45. The summed E-state index contributed by atoms with van der Waals surface area (Å²) in [6.45, 7) is 5.59. The summed E-state index contributed by atoms with van der Waals surface area (Å²) in [5, 5.41) is 3.61. The van der Waals surface area contributed by atoms with E-state index >= 15 is 0 Å². The molecule has 1 aromatic rings. The van der Waals surface area contributed by atoms with E-state index in [1.54, 1.807) is 6.26 Å². The summed E-state index contributed by atoms with van der Waals surface area (Å²) >= 11 is 0. The third-order valence-corrected chi connectivity index (χ3v) is 3.71. The fourth-order valence-electron chi connectivity index (χ4n) is 2.79. The summed E-state index contributed by atoms with van der Waals surface area (Å²) in [4.78, 5) is 0. The second-order valence-electron chi connectivity index (χ2n) is 5.55. The molecule has 0 radical (unpaired) electrons. The smallest absolute Gasteiger partial charge is 0.0934 e. The lowest BCUT2D eigenvalue weighted by Crippen LogP contribution is -2.37. The van der Waals surface area contributed by atoms with Crippen LogP contribution in [0.15, 0.2) is 23.0 Å². The number of nitrogens with one attached hydrogen (secondary N) is 1. The summed E-state index contributed by atoms with van der Waals surface area (Å²) in [7, 11) is 0. The van der Waals surface area contributed by atoms with Gasteiger partial charge in [0, 0.05) is 12.6 Å². The van der Waals surface area contributed by atoms with Gasteiger partial charge in [0.25, 0.3) is 0 Å². The van der Waals surface area contributed by atoms with E-state index in [1.807, 2.05) is 6.26 Å². The highest BCUT2D eigenvalue weighted by atomic mass is 16.3. The Morgan fingerprint density at radius 1 is 1.38 bits per heavy atom. The molecule has 16 heavy (non-hydrogen) atoms. The van der Waals surface area contributed by atoms with E-state index in [2.05, 4.69) is 25.2 Å². The Morgan fingerprint density at radius 2 is 2.12 bits per heavy atom. The van der Waals surface area contributed by atoms with E-state index in [0.717, 1.165) is 6.54 Å². The van der Waals surface area contributed by atoms with Crippen LogP contribution >= 0.6 is 0 Å². The second-order valence-corrected chi connectivity index (χ2v) is 5.55. The predicted molar refractivity (Wildman–Crippen MR) is 66.5 cm³/mol. The minimum atomic E-state index is 0.480. The Bertz CT molecular complexity index is 297. The summed E-state index contributed by atoms with van der Waals surface area (Å²) in [6, 6.07) is 2.69. The quantitative estimate of drug-likeness (QED) is 0.824. The maximum Gasteiger partial charge on any atom is 0.0934 e. The molecular weight excluding hydrogens is 198 g/mol. The van der Waals surface area contributed by atoms with Gasteiger partial charge in [-0.3, -0.25) is 0 Å². The molecule has 1 aliphatic carbocycles. The molecule has 2 heteroatoms. The average molecular weight is 221 g/mol. The van der Waals surface area contributed by atoms with Gasteiger partial charge in [0.15, 0.2) is 0 Å². The molecule has 1 heterocycles. The first-order chi connectivity index (χ1) is 7.70. The van der Waals surface area contributed by atoms with Crippen LogP contribution in [0.5, 0.6) is 0 Å². The maximum atomic E-state index is 5.17. The number of hydrogen-bond acceptors (Lipinski definition) is 2. The highest BCUT2D eigenvalue weighted by Gasteiger charge is 2.33. The van der Waals surface area contributed by atoms with E-state index in [9.17, 15) is 0 Å². The third kappa shape index (κ3) is 2.88. The van der Waals surface area contributed by atoms with Crippen molar-refractivity contribution in [2.75, 3.05) is 6.54 Å². The number of hydrogen-bond donors (Lipinski definition) is 1. The SMILES string of the molecule is CC(C)NCC1(Cc2ccoc2)CCCC1. The Hall–Kier alpha value is -0.760. The third-order valence-electron chi connectivity index (χ3n) is 3.71. The normalized spacial score (nSPS) is 19.4. The minimum Gasteiger partial charge on any atom is -0.472 e. The van der Waals surface area contributed by atoms with Crippen molar-refractivity contribution in [2.45, 2.75) is 52.0 Å². The zero-order valence-corrected chi connectivity index (χ0v) is 10.5. The number of furan rings is 1. The van der Waals surface area contributed by atoms with Gasteiger partial charge in [0.1, 0.15) is 0 Å². The molecule has 2 rings (SSSR count). The van der Waals surface area contributed by atoms with Crippen LogP contribution in [0.4, 0.5) is 0 Å². The zero-order valence-electron chi connectivity index (χ0n) is 10.5. The van der Waals surface area contributed by atoms with Crippen molar-refractivity contribution in [3.63, 3.8) is 0 Å². The molecule has 1 aromatic heterocycles. The first-order valence-electron chi connectivity index (χ1n) is 6.45. The van der Waals surface area contributed by atoms with E-state index in [-0.39, 0.29) is 0 Å². The topological polar surface area (TPSA) is 25.2 Å². The van der Waals surface area contributed by atoms with E-state index in [1.165, 1.54) is 37.7 Å². The average Bonchev–Trinajstić information content (AvgIpc) is 2.88. The molecule has 2 nitrogen and oxygen atoms in total. The van der Waals surface area contributed by atoms with Crippen LogP contribution in [0.25, 0.3) is 0 Å². The van der Waals surface area contributed by atoms with E-state index in [0.29, 0.717) is 11.5 Å². The lowest BCUT2D eigenvalue weighted by molar-refractivity contribution is 0.268. The molecule has 0 unspecified atom stereocenters. The first kappa shape index (κ1) is 11.7. The molecule has 0 amide bonds. The molecule has 0 aliphatic heterocycles. The van der Waals surface area contributed by atoms with Crippen LogP contribution in [0.2, 0.25) is 0 Å². The molecule has 1 saturated carbocycles. The van der Waals surface area contributed by atoms with Crippen LogP contribution in [0, 0.1) is 5.41 Å². The zero-order chi connectivity index (χ0) is 11.4. The van der Waals surface area contributed by atoms with Crippen molar-refractivity contribution < 1.29 is 4.42 Å². The van der Waals surface area contributed by atoms with Gasteiger partial charge >= 0.3 is 0 Å². The van der Waals surface area contributed by atoms with Crippen LogP contribution in [-0.4, -0.2) is 12.6 Å². The summed E-state index contributed by atoms with van der Waals surface area (Å²) < 4.78 is 5.17. The minimum absolute atomic E-state index is 0.480. The van der Waals surface area contributed by atoms with Gasteiger partial charge in [-0.1, -0.05) is 26.7 Å². The molecule has 0 spiro atoms. The largest absolute Gasteiger partial charge is 0.472 e. The van der Waals surface area contributed by atoms with Gasteiger partial charge in [0.05, 0.1) is 12.5 Å². The van der Waals surface area contributed by atoms with Crippen molar-refractivity contribution in [1.29, 1.82) is 0 Å². The molecule has 90 valence electrons. The highest BCUT2D eigenvalue weighted by Crippen LogP contribution is 2.40. The molecule has 1 N–H and O–H groups in total. The summed E-state index contributed by atoms with van der Waals surface area (Å²) in [5.41, 5.74) is 1.83.